The molecule has 2 rings (SSSR count). The fraction of sp³-hybridized carbons (Fsp3) is 0.368. The minimum atomic E-state index is -1.26. The lowest BCUT2D eigenvalue weighted by atomic mass is 10.3. The van der Waals surface area contributed by atoms with Crippen LogP contribution in [0.3, 0.4) is 0 Å². The minimum absolute atomic E-state index is 0.105. The summed E-state index contributed by atoms with van der Waals surface area (Å²) in [5.41, 5.74) is 0.920. The van der Waals surface area contributed by atoms with Gasteiger partial charge in [-0.3, -0.25) is 9.88 Å². The standard InChI is InChI=1S/C15H20ClN3O3.C4H4O4/c16-15(4-3-13-2-1-5-17-10-13)18-22-12-14(20)11-19-6-8-21-9-7-19;5-3(6)1-2-4(7)8/h1-5,10,14,20H,6-9,11-12H2;1-2H,(H,5,6)(H,7,8)/b;2-1-. The zero-order valence-corrected chi connectivity index (χ0v) is 16.9. The molecule has 2 heterocycles. The van der Waals surface area contributed by atoms with Crippen molar-refractivity contribution < 1.29 is 34.5 Å². The number of aliphatic hydroxyl groups is 1. The molecular weight excluding hydrogens is 418 g/mol. The van der Waals surface area contributed by atoms with Crippen LogP contribution in [0.25, 0.3) is 6.08 Å². The number of aliphatic carboxylic acids is 2. The van der Waals surface area contributed by atoms with Crippen molar-refractivity contribution in [2.24, 2.45) is 5.16 Å². The number of morpholine rings is 1. The third-order valence-electron chi connectivity index (χ3n) is 3.46. The zero-order chi connectivity index (χ0) is 22.2. The normalized spacial score (nSPS) is 16.1. The van der Waals surface area contributed by atoms with E-state index in [1.54, 1.807) is 24.5 Å². The highest BCUT2D eigenvalue weighted by Gasteiger charge is 2.15. The van der Waals surface area contributed by atoms with Crippen LogP contribution in [0.4, 0.5) is 0 Å². The van der Waals surface area contributed by atoms with E-state index in [9.17, 15) is 14.7 Å². The summed E-state index contributed by atoms with van der Waals surface area (Å²) in [6.07, 6.45) is 7.33. The number of nitrogens with zero attached hydrogens (tertiary/aromatic N) is 3. The van der Waals surface area contributed by atoms with Gasteiger partial charge in [-0.2, -0.15) is 0 Å². The number of hydrogen-bond donors (Lipinski definition) is 3. The Morgan fingerprint density at radius 1 is 1.27 bits per heavy atom. The molecule has 3 N–H and O–H groups in total. The number of carbonyl (C=O) groups is 2. The zero-order valence-electron chi connectivity index (χ0n) is 16.1. The van der Waals surface area contributed by atoms with E-state index in [4.69, 9.17) is 31.4 Å². The maximum absolute atomic E-state index is 9.88. The largest absolute Gasteiger partial charge is 0.478 e. The molecule has 30 heavy (non-hydrogen) atoms. The van der Waals surface area contributed by atoms with E-state index < -0.39 is 18.0 Å². The van der Waals surface area contributed by atoms with Gasteiger partial charge in [0.2, 0.25) is 0 Å². The number of carboxylic acid groups (broad SMARTS) is 2. The first-order chi connectivity index (χ1) is 14.4. The van der Waals surface area contributed by atoms with Gasteiger partial charge in [0, 0.05) is 44.2 Å². The smallest absolute Gasteiger partial charge is 0.328 e. The summed E-state index contributed by atoms with van der Waals surface area (Å²) in [7, 11) is 0. The SMILES string of the molecule is O=C(O)/C=C\C(=O)O.OC(CON=C(Cl)C=Cc1cccnc1)CN1CCOCC1. The van der Waals surface area contributed by atoms with Crippen LogP contribution in [0.2, 0.25) is 0 Å². The Hall–Kier alpha value is -2.79. The number of aliphatic hydroxyl groups excluding tert-OH is 1. The molecule has 11 heteroatoms. The van der Waals surface area contributed by atoms with Gasteiger partial charge in [0.1, 0.15) is 12.7 Å². The lowest BCUT2D eigenvalue weighted by Gasteiger charge is -2.28. The van der Waals surface area contributed by atoms with E-state index in [0.29, 0.717) is 31.9 Å². The van der Waals surface area contributed by atoms with Gasteiger partial charge in [0.05, 0.1) is 13.2 Å². The summed E-state index contributed by atoms with van der Waals surface area (Å²) in [5.74, 6) is -2.51. The van der Waals surface area contributed by atoms with Crippen molar-refractivity contribution in [1.82, 2.24) is 9.88 Å². The monoisotopic (exact) mass is 441 g/mol. The molecule has 1 aliphatic rings. The fourth-order valence-electron chi connectivity index (χ4n) is 2.13. The van der Waals surface area contributed by atoms with Gasteiger partial charge in [-0.1, -0.05) is 28.9 Å². The molecule has 1 unspecified atom stereocenters. The number of β-amino-alcohol motifs (C(OH)–C–C–N with tert-alkyl or cyclic N) is 1. The Bertz CT molecular complexity index is 719. The van der Waals surface area contributed by atoms with Gasteiger partial charge in [-0.05, 0) is 17.7 Å². The van der Waals surface area contributed by atoms with Gasteiger partial charge >= 0.3 is 11.9 Å². The van der Waals surface area contributed by atoms with E-state index in [1.807, 2.05) is 12.1 Å². The number of halogens is 1. The molecule has 0 bridgehead atoms. The van der Waals surface area contributed by atoms with Gasteiger partial charge < -0.3 is 24.9 Å². The lowest BCUT2D eigenvalue weighted by molar-refractivity contribution is -0.134. The van der Waals surface area contributed by atoms with E-state index in [-0.39, 0.29) is 11.8 Å². The first kappa shape index (κ1) is 25.2. The molecule has 0 spiro atoms. The van der Waals surface area contributed by atoms with E-state index in [2.05, 4.69) is 15.0 Å². The van der Waals surface area contributed by atoms with Crippen molar-refractivity contribution in [3.63, 3.8) is 0 Å². The lowest BCUT2D eigenvalue weighted by Crippen LogP contribution is -2.42. The number of hydrogen-bond acceptors (Lipinski definition) is 8. The number of rotatable bonds is 9. The summed E-state index contributed by atoms with van der Waals surface area (Å²) in [4.78, 5) is 30.3. The molecule has 0 saturated carbocycles. The van der Waals surface area contributed by atoms with Gasteiger partial charge in [-0.25, -0.2) is 9.59 Å². The molecule has 1 aromatic heterocycles. The highest BCUT2D eigenvalue weighted by atomic mass is 35.5. The van der Waals surface area contributed by atoms with Crippen molar-refractivity contribution in [2.45, 2.75) is 6.10 Å². The van der Waals surface area contributed by atoms with E-state index >= 15 is 0 Å². The van der Waals surface area contributed by atoms with Crippen molar-refractivity contribution in [2.75, 3.05) is 39.5 Å². The minimum Gasteiger partial charge on any atom is -0.478 e. The third-order valence-corrected chi connectivity index (χ3v) is 3.65. The van der Waals surface area contributed by atoms with Gasteiger partial charge in [-0.15, -0.1) is 0 Å². The van der Waals surface area contributed by atoms with Gasteiger partial charge in [0.25, 0.3) is 0 Å². The van der Waals surface area contributed by atoms with Crippen LogP contribution in [-0.2, 0) is 19.2 Å². The maximum Gasteiger partial charge on any atom is 0.328 e. The predicted octanol–water partition coefficient (Wildman–Crippen LogP) is 1.07. The molecule has 164 valence electrons. The molecule has 0 aromatic carbocycles. The average molecular weight is 442 g/mol. The first-order valence-electron chi connectivity index (χ1n) is 8.92. The number of aromatic nitrogens is 1. The van der Waals surface area contributed by atoms with Crippen LogP contribution in [0.15, 0.2) is 47.9 Å². The summed E-state index contributed by atoms with van der Waals surface area (Å²) < 4.78 is 5.25. The van der Waals surface area contributed by atoms with Crippen molar-refractivity contribution in [3.8, 4) is 0 Å². The Morgan fingerprint density at radius 2 is 1.93 bits per heavy atom. The number of carboxylic acids is 2. The molecular formula is C19H24ClN3O7. The molecule has 0 aliphatic carbocycles. The van der Waals surface area contributed by atoms with Crippen molar-refractivity contribution in [1.29, 1.82) is 0 Å². The second-order valence-electron chi connectivity index (χ2n) is 5.91. The predicted molar refractivity (Wildman–Crippen MR) is 110 cm³/mol. The molecule has 1 atom stereocenters. The number of oxime groups is 1. The van der Waals surface area contributed by atoms with Crippen LogP contribution in [0.5, 0.6) is 0 Å². The highest BCUT2D eigenvalue weighted by Crippen LogP contribution is 2.02. The molecule has 0 radical (unpaired) electrons. The third kappa shape index (κ3) is 13.4. The first-order valence-corrected chi connectivity index (χ1v) is 9.30. The summed E-state index contributed by atoms with van der Waals surface area (Å²) in [6, 6.07) is 3.74. The fourth-order valence-corrected chi connectivity index (χ4v) is 2.24. The average Bonchev–Trinajstić information content (AvgIpc) is 2.73. The van der Waals surface area contributed by atoms with Gasteiger partial charge in [0.15, 0.2) is 5.17 Å². The van der Waals surface area contributed by atoms with Crippen molar-refractivity contribution in [3.05, 3.63) is 48.3 Å². The Kier molecular flexibility index (Phi) is 12.7. The molecule has 0 amide bonds. The summed E-state index contributed by atoms with van der Waals surface area (Å²) in [6.45, 7) is 3.72. The molecule has 1 aliphatic heterocycles. The molecule has 1 saturated heterocycles. The highest BCUT2D eigenvalue weighted by molar-refractivity contribution is 6.68. The molecule has 10 nitrogen and oxygen atoms in total. The Morgan fingerprint density at radius 3 is 2.50 bits per heavy atom. The molecule has 1 fully saturated rings. The quantitative estimate of drug-likeness (QED) is 0.291. The van der Waals surface area contributed by atoms with Crippen LogP contribution in [0.1, 0.15) is 5.56 Å². The number of allylic oxidation sites excluding steroid dienone is 1. The number of pyridine rings is 1. The summed E-state index contributed by atoms with van der Waals surface area (Å²) >= 11 is 5.92. The number of ether oxygens (including phenoxy) is 1. The maximum atomic E-state index is 9.88. The van der Waals surface area contributed by atoms with Crippen LogP contribution >= 0.6 is 11.6 Å². The Labute approximate surface area is 178 Å². The van der Waals surface area contributed by atoms with E-state index in [1.165, 1.54) is 0 Å². The van der Waals surface area contributed by atoms with E-state index in [0.717, 1.165) is 18.7 Å². The van der Waals surface area contributed by atoms with Crippen LogP contribution in [-0.4, -0.2) is 87.9 Å². The second kappa shape index (κ2) is 15.1. The van der Waals surface area contributed by atoms with Crippen LogP contribution < -0.4 is 0 Å². The Balaban J connectivity index is 0.000000479. The van der Waals surface area contributed by atoms with Crippen LogP contribution in [0, 0.1) is 0 Å². The topological polar surface area (TPSA) is 142 Å². The second-order valence-corrected chi connectivity index (χ2v) is 6.29. The molecule has 1 aromatic rings. The summed E-state index contributed by atoms with van der Waals surface area (Å²) in [5, 5.41) is 29.5. The van der Waals surface area contributed by atoms with Crippen molar-refractivity contribution >= 4 is 34.8 Å².